The zero-order valence-electron chi connectivity index (χ0n) is 13.2. The standard InChI is InChI=1S/C19H16O4/c1-11-8-9-16-17(10-11)19(23-13(3)21)15-7-5-4-6-14(15)18(16)22-12(2)20/h4-10H,1-3H3. The van der Waals surface area contributed by atoms with Crippen molar-refractivity contribution in [2.24, 2.45) is 0 Å². The summed E-state index contributed by atoms with van der Waals surface area (Å²) >= 11 is 0. The number of fused-ring (bicyclic) bond motifs is 2. The number of benzene rings is 3. The maximum absolute atomic E-state index is 11.5. The molecule has 0 aromatic heterocycles. The van der Waals surface area contributed by atoms with Crippen LogP contribution in [-0.2, 0) is 9.59 Å². The summed E-state index contributed by atoms with van der Waals surface area (Å²) in [5.74, 6) is 0.192. The SMILES string of the molecule is CC(=O)Oc1c2ccccc2c(OC(C)=O)c2cc(C)ccc12. The highest BCUT2D eigenvalue weighted by Crippen LogP contribution is 2.43. The van der Waals surface area contributed by atoms with Crippen molar-refractivity contribution in [3.63, 3.8) is 0 Å². The molecule has 0 spiro atoms. The second-order valence-electron chi connectivity index (χ2n) is 5.44. The van der Waals surface area contributed by atoms with E-state index in [1.807, 2.05) is 49.4 Å². The summed E-state index contributed by atoms with van der Waals surface area (Å²) in [6, 6.07) is 13.1. The van der Waals surface area contributed by atoms with Crippen LogP contribution in [0.2, 0.25) is 0 Å². The summed E-state index contributed by atoms with van der Waals surface area (Å²) in [7, 11) is 0. The Morgan fingerprint density at radius 1 is 0.739 bits per heavy atom. The molecule has 4 heteroatoms. The lowest BCUT2D eigenvalue weighted by Crippen LogP contribution is -2.06. The molecule has 3 aromatic rings. The van der Waals surface area contributed by atoms with E-state index in [1.54, 1.807) is 0 Å². The number of rotatable bonds is 2. The molecule has 0 aliphatic heterocycles. The Kier molecular flexibility index (Phi) is 3.74. The van der Waals surface area contributed by atoms with Crippen molar-refractivity contribution in [2.75, 3.05) is 0 Å². The lowest BCUT2D eigenvalue weighted by molar-refractivity contribution is -0.132. The molecule has 0 aliphatic carbocycles. The minimum absolute atomic E-state index is 0.391. The third-order valence-corrected chi connectivity index (χ3v) is 3.57. The quantitative estimate of drug-likeness (QED) is 0.405. The zero-order valence-corrected chi connectivity index (χ0v) is 13.2. The normalized spacial score (nSPS) is 10.7. The van der Waals surface area contributed by atoms with E-state index in [-0.39, 0.29) is 0 Å². The summed E-state index contributed by atoms with van der Waals surface area (Å²) in [6.45, 7) is 4.70. The number of esters is 2. The molecule has 0 saturated carbocycles. The first-order chi connectivity index (χ1) is 11.0. The van der Waals surface area contributed by atoms with Crippen LogP contribution in [0.15, 0.2) is 42.5 Å². The molecular weight excluding hydrogens is 292 g/mol. The summed E-state index contributed by atoms with van der Waals surface area (Å²) < 4.78 is 10.9. The van der Waals surface area contributed by atoms with Gasteiger partial charge in [-0.25, -0.2) is 0 Å². The fraction of sp³-hybridized carbons (Fsp3) is 0.158. The minimum atomic E-state index is -0.391. The van der Waals surface area contributed by atoms with Gasteiger partial charge in [0.05, 0.1) is 0 Å². The molecule has 0 radical (unpaired) electrons. The van der Waals surface area contributed by atoms with E-state index in [0.717, 1.165) is 27.1 Å². The second kappa shape index (κ2) is 5.72. The van der Waals surface area contributed by atoms with Gasteiger partial charge in [0, 0.05) is 35.4 Å². The molecule has 3 rings (SSSR count). The Bertz CT molecular complexity index is 941. The molecule has 0 bridgehead atoms. The van der Waals surface area contributed by atoms with Gasteiger partial charge < -0.3 is 9.47 Å². The van der Waals surface area contributed by atoms with Gasteiger partial charge in [-0.3, -0.25) is 9.59 Å². The number of carbonyl (C=O) groups excluding carboxylic acids is 2. The van der Waals surface area contributed by atoms with Crippen LogP contribution >= 0.6 is 0 Å². The second-order valence-corrected chi connectivity index (χ2v) is 5.44. The van der Waals surface area contributed by atoms with Crippen LogP contribution in [0.4, 0.5) is 0 Å². The van der Waals surface area contributed by atoms with Crippen molar-refractivity contribution >= 4 is 33.5 Å². The molecule has 3 aromatic carbocycles. The van der Waals surface area contributed by atoms with Crippen molar-refractivity contribution in [2.45, 2.75) is 20.8 Å². The van der Waals surface area contributed by atoms with E-state index in [2.05, 4.69) is 0 Å². The Hall–Kier alpha value is -2.88. The largest absolute Gasteiger partial charge is 0.425 e. The molecule has 0 N–H and O–H groups in total. The van der Waals surface area contributed by atoms with Gasteiger partial charge in [-0.15, -0.1) is 0 Å². The van der Waals surface area contributed by atoms with E-state index >= 15 is 0 Å². The van der Waals surface area contributed by atoms with Crippen LogP contribution in [0.25, 0.3) is 21.5 Å². The van der Waals surface area contributed by atoms with Gasteiger partial charge in [0.2, 0.25) is 0 Å². The molecule has 0 unspecified atom stereocenters. The van der Waals surface area contributed by atoms with Crippen molar-refractivity contribution in [3.05, 3.63) is 48.0 Å². The first-order valence-corrected chi connectivity index (χ1v) is 7.29. The lowest BCUT2D eigenvalue weighted by Gasteiger charge is -2.15. The van der Waals surface area contributed by atoms with Crippen molar-refractivity contribution in [1.29, 1.82) is 0 Å². The van der Waals surface area contributed by atoms with Gasteiger partial charge in [0.25, 0.3) is 0 Å². The van der Waals surface area contributed by atoms with Crippen LogP contribution in [0.3, 0.4) is 0 Å². The molecule has 0 heterocycles. The Morgan fingerprint density at radius 3 is 1.74 bits per heavy atom. The Morgan fingerprint density at radius 2 is 1.22 bits per heavy atom. The van der Waals surface area contributed by atoms with Crippen LogP contribution in [-0.4, -0.2) is 11.9 Å². The first kappa shape index (κ1) is 15.0. The lowest BCUT2D eigenvalue weighted by atomic mass is 9.99. The molecule has 23 heavy (non-hydrogen) atoms. The number of aryl methyl sites for hydroxylation is 1. The van der Waals surface area contributed by atoms with Crippen LogP contribution in [0, 0.1) is 6.92 Å². The summed E-state index contributed by atoms with van der Waals surface area (Å²) in [4.78, 5) is 23.1. The maximum Gasteiger partial charge on any atom is 0.308 e. The number of hydrogen-bond acceptors (Lipinski definition) is 4. The monoisotopic (exact) mass is 308 g/mol. The van der Waals surface area contributed by atoms with Gasteiger partial charge in [-0.1, -0.05) is 42.0 Å². The van der Waals surface area contributed by atoms with Gasteiger partial charge in [-0.05, 0) is 13.0 Å². The molecule has 0 atom stereocenters. The molecule has 0 aliphatic rings. The van der Waals surface area contributed by atoms with E-state index < -0.39 is 11.9 Å². The number of ether oxygens (including phenoxy) is 2. The average molecular weight is 308 g/mol. The number of carbonyl (C=O) groups is 2. The predicted octanol–water partition coefficient (Wildman–Crippen LogP) is 4.15. The average Bonchev–Trinajstić information content (AvgIpc) is 2.49. The molecule has 116 valence electrons. The molecule has 0 amide bonds. The summed E-state index contributed by atoms with van der Waals surface area (Å²) in [5.41, 5.74) is 1.02. The van der Waals surface area contributed by atoms with Crippen molar-refractivity contribution in [1.82, 2.24) is 0 Å². The van der Waals surface area contributed by atoms with E-state index in [9.17, 15) is 9.59 Å². The van der Waals surface area contributed by atoms with Crippen LogP contribution < -0.4 is 9.47 Å². The van der Waals surface area contributed by atoms with Crippen molar-refractivity contribution in [3.8, 4) is 11.5 Å². The first-order valence-electron chi connectivity index (χ1n) is 7.29. The van der Waals surface area contributed by atoms with Gasteiger partial charge in [0.1, 0.15) is 11.5 Å². The van der Waals surface area contributed by atoms with Crippen LogP contribution in [0.1, 0.15) is 19.4 Å². The highest BCUT2D eigenvalue weighted by atomic mass is 16.5. The van der Waals surface area contributed by atoms with Crippen molar-refractivity contribution < 1.29 is 19.1 Å². The zero-order chi connectivity index (χ0) is 16.6. The Labute approximate surface area is 133 Å². The highest BCUT2D eigenvalue weighted by Gasteiger charge is 2.18. The maximum atomic E-state index is 11.5. The molecule has 0 saturated heterocycles. The van der Waals surface area contributed by atoms with Gasteiger partial charge in [0.15, 0.2) is 0 Å². The minimum Gasteiger partial charge on any atom is -0.425 e. The third-order valence-electron chi connectivity index (χ3n) is 3.57. The van der Waals surface area contributed by atoms with Crippen LogP contribution in [0.5, 0.6) is 11.5 Å². The van der Waals surface area contributed by atoms with Gasteiger partial charge in [-0.2, -0.15) is 0 Å². The molecule has 0 fully saturated rings. The fourth-order valence-electron chi connectivity index (χ4n) is 2.72. The molecular formula is C19H16O4. The predicted molar refractivity (Wildman–Crippen MR) is 88.8 cm³/mol. The summed E-state index contributed by atoms with van der Waals surface area (Å²) in [6.07, 6.45) is 0. The smallest absolute Gasteiger partial charge is 0.308 e. The van der Waals surface area contributed by atoms with E-state index in [0.29, 0.717) is 11.5 Å². The fourth-order valence-corrected chi connectivity index (χ4v) is 2.72. The van der Waals surface area contributed by atoms with Gasteiger partial charge >= 0.3 is 11.9 Å². The summed E-state index contributed by atoms with van der Waals surface area (Å²) in [5, 5.41) is 2.95. The highest BCUT2D eigenvalue weighted by molar-refractivity contribution is 6.12. The molecule has 4 nitrogen and oxygen atoms in total. The Balaban J connectivity index is 2.50. The number of hydrogen-bond donors (Lipinski definition) is 0. The third kappa shape index (κ3) is 2.75. The topological polar surface area (TPSA) is 52.6 Å². The van der Waals surface area contributed by atoms with E-state index in [4.69, 9.17) is 9.47 Å². The van der Waals surface area contributed by atoms with E-state index in [1.165, 1.54) is 13.8 Å².